The largest absolute Gasteiger partial charge is 0.487 e. The average molecular weight is 388 g/mol. The Morgan fingerprint density at radius 1 is 1.26 bits per heavy atom. The van der Waals surface area contributed by atoms with E-state index in [-0.39, 0.29) is 5.56 Å². The number of aromatic nitrogens is 1. The van der Waals surface area contributed by atoms with Gasteiger partial charge in [0.1, 0.15) is 24.0 Å². The average Bonchev–Trinajstić information content (AvgIpc) is 3.07. The van der Waals surface area contributed by atoms with Crippen LogP contribution in [0.2, 0.25) is 0 Å². The smallest absolute Gasteiger partial charge is 0.251 e. The molecule has 4 nitrogen and oxygen atoms in total. The minimum atomic E-state index is -0.684. The molecule has 7 heteroatoms. The van der Waals surface area contributed by atoms with Crippen molar-refractivity contribution in [2.24, 2.45) is 0 Å². The van der Waals surface area contributed by atoms with Crippen LogP contribution in [0.4, 0.5) is 8.78 Å². The van der Waals surface area contributed by atoms with Crippen molar-refractivity contribution in [2.75, 3.05) is 0 Å². The Balaban J connectivity index is 1.66. The van der Waals surface area contributed by atoms with Crippen molar-refractivity contribution in [3.8, 4) is 5.75 Å². The molecule has 1 unspecified atom stereocenters. The Morgan fingerprint density at radius 3 is 2.81 bits per heavy atom. The number of halogens is 2. The van der Waals surface area contributed by atoms with Gasteiger partial charge in [0.15, 0.2) is 0 Å². The van der Waals surface area contributed by atoms with Crippen LogP contribution in [0.5, 0.6) is 5.75 Å². The van der Waals surface area contributed by atoms with E-state index in [0.717, 1.165) is 28.9 Å². The quantitative estimate of drug-likeness (QED) is 0.660. The van der Waals surface area contributed by atoms with Crippen molar-refractivity contribution in [1.82, 2.24) is 10.3 Å². The van der Waals surface area contributed by atoms with Gasteiger partial charge in [-0.05, 0) is 50.2 Å². The Kier molecular flexibility index (Phi) is 5.81. The molecule has 1 heterocycles. The third kappa shape index (κ3) is 4.89. The van der Waals surface area contributed by atoms with Crippen molar-refractivity contribution < 1.29 is 18.3 Å². The summed E-state index contributed by atoms with van der Waals surface area (Å²) in [5.41, 5.74) is 1.28. The van der Waals surface area contributed by atoms with E-state index < -0.39 is 23.6 Å². The maximum Gasteiger partial charge on any atom is 0.251 e. The van der Waals surface area contributed by atoms with Gasteiger partial charge in [-0.1, -0.05) is 6.07 Å². The number of hydrogen-bond donors (Lipinski definition) is 1. The highest BCUT2D eigenvalue weighted by Crippen LogP contribution is 2.20. The SMILES string of the molecule is Cc1nc(COc2cccc(C(=O)NC(C)c3cc(F)ccc3F)c2)cs1. The van der Waals surface area contributed by atoms with E-state index in [1.165, 1.54) is 0 Å². The second kappa shape index (κ2) is 8.26. The number of carbonyl (C=O) groups excluding carboxylic acids is 1. The number of ether oxygens (including phenoxy) is 1. The lowest BCUT2D eigenvalue weighted by molar-refractivity contribution is 0.0938. The number of nitrogens with zero attached hydrogens (tertiary/aromatic N) is 1. The summed E-state index contributed by atoms with van der Waals surface area (Å²) in [6, 6.07) is 9.15. The second-order valence-corrected chi connectivity index (χ2v) is 7.10. The standard InChI is InChI=1S/C20H18F2N2O2S/c1-12(18-9-15(21)6-7-19(18)22)23-20(25)14-4-3-5-17(8-14)26-10-16-11-27-13(2)24-16/h3-9,11-12H,10H2,1-2H3,(H,23,25). The molecule has 0 aliphatic heterocycles. The number of amides is 1. The van der Waals surface area contributed by atoms with Crippen molar-refractivity contribution in [3.63, 3.8) is 0 Å². The molecule has 0 aliphatic carbocycles. The fraction of sp³-hybridized carbons (Fsp3) is 0.200. The Morgan fingerprint density at radius 2 is 2.07 bits per heavy atom. The molecule has 0 radical (unpaired) electrons. The molecular formula is C20H18F2N2O2S. The number of thiazole rings is 1. The first-order valence-electron chi connectivity index (χ1n) is 8.32. The summed E-state index contributed by atoms with van der Waals surface area (Å²) >= 11 is 1.54. The summed E-state index contributed by atoms with van der Waals surface area (Å²) in [4.78, 5) is 16.8. The minimum Gasteiger partial charge on any atom is -0.487 e. The van der Waals surface area contributed by atoms with Crippen LogP contribution in [-0.2, 0) is 6.61 Å². The minimum absolute atomic E-state index is 0.0923. The molecule has 27 heavy (non-hydrogen) atoms. The van der Waals surface area contributed by atoms with Crippen molar-refractivity contribution >= 4 is 17.2 Å². The van der Waals surface area contributed by atoms with Gasteiger partial charge in [-0.2, -0.15) is 0 Å². The first-order chi connectivity index (χ1) is 12.9. The topological polar surface area (TPSA) is 51.2 Å². The first kappa shape index (κ1) is 19.0. The highest BCUT2D eigenvalue weighted by Gasteiger charge is 2.16. The van der Waals surface area contributed by atoms with Crippen LogP contribution in [-0.4, -0.2) is 10.9 Å². The molecule has 0 fully saturated rings. The molecule has 3 aromatic rings. The van der Waals surface area contributed by atoms with Crippen molar-refractivity contribution in [1.29, 1.82) is 0 Å². The number of benzene rings is 2. The van der Waals surface area contributed by atoms with Gasteiger partial charge in [-0.25, -0.2) is 13.8 Å². The van der Waals surface area contributed by atoms with E-state index in [9.17, 15) is 13.6 Å². The molecule has 0 spiro atoms. The van der Waals surface area contributed by atoms with Crippen molar-refractivity contribution in [3.05, 3.63) is 81.3 Å². The molecule has 0 saturated heterocycles. The van der Waals surface area contributed by atoms with Gasteiger partial charge in [0.2, 0.25) is 0 Å². The highest BCUT2D eigenvalue weighted by molar-refractivity contribution is 7.09. The monoisotopic (exact) mass is 388 g/mol. The predicted octanol–water partition coefficient (Wildman–Crippen LogP) is 4.80. The van der Waals surface area contributed by atoms with Crippen LogP contribution in [0.25, 0.3) is 0 Å². The third-order valence-electron chi connectivity index (χ3n) is 3.92. The van der Waals surface area contributed by atoms with E-state index in [1.807, 2.05) is 12.3 Å². The number of carbonyl (C=O) groups is 1. The first-order valence-corrected chi connectivity index (χ1v) is 9.20. The molecule has 1 amide bonds. The molecule has 0 aliphatic rings. The summed E-state index contributed by atoms with van der Waals surface area (Å²) in [5.74, 6) is -1.00. The Hall–Kier alpha value is -2.80. The Bertz CT molecular complexity index is 959. The van der Waals surface area contributed by atoms with Gasteiger partial charge in [0, 0.05) is 16.5 Å². The van der Waals surface area contributed by atoms with Gasteiger partial charge in [0.05, 0.1) is 16.7 Å². The van der Waals surface area contributed by atoms with E-state index >= 15 is 0 Å². The van der Waals surface area contributed by atoms with Crippen LogP contribution < -0.4 is 10.1 Å². The number of rotatable bonds is 6. The molecule has 1 aromatic heterocycles. The predicted molar refractivity (Wildman–Crippen MR) is 99.9 cm³/mol. The second-order valence-electron chi connectivity index (χ2n) is 6.04. The lowest BCUT2D eigenvalue weighted by Crippen LogP contribution is -2.27. The van der Waals surface area contributed by atoms with Gasteiger partial charge in [-0.15, -0.1) is 11.3 Å². The fourth-order valence-electron chi connectivity index (χ4n) is 2.56. The number of nitrogens with one attached hydrogen (secondary N) is 1. The van der Waals surface area contributed by atoms with Crippen molar-refractivity contribution in [2.45, 2.75) is 26.5 Å². The van der Waals surface area contributed by atoms with E-state index in [0.29, 0.717) is 17.9 Å². The summed E-state index contributed by atoms with van der Waals surface area (Å²) in [6.45, 7) is 3.82. The zero-order valence-corrected chi connectivity index (χ0v) is 15.6. The molecular weight excluding hydrogens is 370 g/mol. The highest BCUT2D eigenvalue weighted by atomic mass is 32.1. The van der Waals surface area contributed by atoms with Crippen LogP contribution in [0.3, 0.4) is 0 Å². The fourth-order valence-corrected chi connectivity index (χ4v) is 3.16. The molecule has 0 bridgehead atoms. The van der Waals surface area contributed by atoms with Gasteiger partial charge in [0.25, 0.3) is 5.91 Å². The zero-order chi connectivity index (χ0) is 19.4. The molecule has 0 saturated carbocycles. The normalized spacial score (nSPS) is 11.9. The molecule has 1 atom stereocenters. The van der Waals surface area contributed by atoms with E-state index in [1.54, 1.807) is 42.5 Å². The third-order valence-corrected chi connectivity index (χ3v) is 4.74. The van der Waals surface area contributed by atoms with Crippen LogP contribution in [0, 0.1) is 18.6 Å². The maximum absolute atomic E-state index is 13.9. The lowest BCUT2D eigenvalue weighted by Gasteiger charge is -2.15. The van der Waals surface area contributed by atoms with E-state index in [2.05, 4.69) is 10.3 Å². The summed E-state index contributed by atoms with van der Waals surface area (Å²) in [5, 5.41) is 5.55. The Labute approximate surface area is 159 Å². The molecule has 3 rings (SSSR count). The van der Waals surface area contributed by atoms with Crippen LogP contribution >= 0.6 is 11.3 Å². The van der Waals surface area contributed by atoms with Gasteiger partial charge >= 0.3 is 0 Å². The zero-order valence-electron chi connectivity index (χ0n) is 14.8. The summed E-state index contributed by atoms with van der Waals surface area (Å²) < 4.78 is 32.9. The number of hydrogen-bond acceptors (Lipinski definition) is 4. The molecule has 2 aromatic carbocycles. The van der Waals surface area contributed by atoms with Gasteiger partial charge in [-0.3, -0.25) is 4.79 Å². The molecule has 1 N–H and O–H groups in total. The number of aryl methyl sites for hydroxylation is 1. The van der Waals surface area contributed by atoms with Gasteiger partial charge < -0.3 is 10.1 Å². The summed E-state index contributed by atoms with van der Waals surface area (Å²) in [6.07, 6.45) is 0. The molecule has 140 valence electrons. The lowest BCUT2D eigenvalue weighted by atomic mass is 10.1. The van der Waals surface area contributed by atoms with E-state index in [4.69, 9.17) is 4.74 Å². The summed E-state index contributed by atoms with van der Waals surface area (Å²) in [7, 11) is 0. The van der Waals surface area contributed by atoms with Crippen LogP contribution in [0.15, 0.2) is 47.8 Å². The maximum atomic E-state index is 13.9. The van der Waals surface area contributed by atoms with Crippen LogP contribution in [0.1, 0.15) is 39.6 Å².